The lowest BCUT2D eigenvalue weighted by molar-refractivity contribution is -0.275. The number of rotatable bonds is 16. The molecule has 1 N–H and O–H groups in total. The van der Waals surface area contributed by atoms with Crippen molar-refractivity contribution in [3.8, 4) is 23.0 Å². The van der Waals surface area contributed by atoms with Gasteiger partial charge in [0.25, 0.3) is 0 Å². The van der Waals surface area contributed by atoms with Crippen LogP contribution >= 0.6 is 23.2 Å². The monoisotopic (exact) mass is 659 g/mol. The lowest BCUT2D eigenvalue weighted by Crippen LogP contribution is -2.38. The van der Waals surface area contributed by atoms with Gasteiger partial charge in [0.2, 0.25) is 0 Å². The second kappa shape index (κ2) is 16.8. The Morgan fingerprint density at radius 2 is 1.52 bits per heavy atom. The van der Waals surface area contributed by atoms with Crippen molar-refractivity contribution >= 4 is 35.3 Å². The third-order valence-electron chi connectivity index (χ3n) is 5.83. The molecule has 0 heterocycles. The molecule has 3 aromatic rings. The first-order valence-corrected chi connectivity index (χ1v) is 14.2. The number of aliphatic carboxylic acids is 1. The molecule has 9 nitrogen and oxygen atoms in total. The molecule has 1 unspecified atom stereocenters. The van der Waals surface area contributed by atoms with Crippen LogP contribution in [0.2, 0.25) is 10.0 Å². The molecule has 0 radical (unpaired) electrons. The summed E-state index contributed by atoms with van der Waals surface area (Å²) in [6, 6.07) is 16.3. The minimum atomic E-state index is -4.98. The number of hydrogen-bond donors (Lipinski definition) is 1. The van der Waals surface area contributed by atoms with Crippen molar-refractivity contribution < 1.29 is 51.6 Å². The zero-order valence-corrected chi connectivity index (χ0v) is 25.0. The third-order valence-corrected chi connectivity index (χ3v) is 6.26. The van der Waals surface area contributed by atoms with Gasteiger partial charge < -0.3 is 33.7 Å². The van der Waals surface area contributed by atoms with Gasteiger partial charge in [-0.05, 0) is 61.4 Å². The summed E-state index contributed by atoms with van der Waals surface area (Å²) in [7, 11) is 0. The number of carboxylic acids is 1. The van der Waals surface area contributed by atoms with E-state index in [1.807, 2.05) is 0 Å². The van der Waals surface area contributed by atoms with Crippen LogP contribution in [-0.4, -0.2) is 67.4 Å². The highest BCUT2D eigenvalue weighted by Gasteiger charge is 2.33. The summed E-state index contributed by atoms with van der Waals surface area (Å²) in [4.78, 5) is 25.7. The Labute approximate surface area is 261 Å². The first-order chi connectivity index (χ1) is 20.9. The average molecular weight is 660 g/mol. The summed E-state index contributed by atoms with van der Waals surface area (Å²) < 4.78 is 64.4. The van der Waals surface area contributed by atoms with Gasteiger partial charge in [-0.25, -0.2) is 9.59 Å². The molecular formula is C30H30Cl2F3NO8. The van der Waals surface area contributed by atoms with Crippen molar-refractivity contribution in [3.05, 3.63) is 82.3 Å². The van der Waals surface area contributed by atoms with Crippen LogP contribution in [0.15, 0.2) is 66.7 Å². The third kappa shape index (κ3) is 12.0. The van der Waals surface area contributed by atoms with Crippen molar-refractivity contribution in [2.24, 2.45) is 0 Å². The zero-order valence-electron chi connectivity index (χ0n) is 23.5. The number of amides is 1. The highest BCUT2D eigenvalue weighted by atomic mass is 35.5. The number of ether oxygens (including phenoxy) is 5. The van der Waals surface area contributed by atoms with Crippen LogP contribution < -0.4 is 18.9 Å². The smallest absolute Gasteiger partial charge is 0.493 e. The number of nitrogens with zero attached hydrogens (tertiary/aromatic N) is 1. The summed E-state index contributed by atoms with van der Waals surface area (Å²) in [6.07, 6.45) is -6.39. The van der Waals surface area contributed by atoms with Crippen molar-refractivity contribution in [1.29, 1.82) is 0 Å². The molecule has 14 heteroatoms. The SMILES string of the molecule is CCOC(Cc1ccc(OCCN(CCCOc2cc(Cl)cc(Cl)c2)C(=O)Oc2ccccc2OC(F)(F)F)cc1)C(=O)O. The molecule has 0 bridgehead atoms. The van der Waals surface area contributed by atoms with Gasteiger partial charge in [-0.2, -0.15) is 0 Å². The molecule has 238 valence electrons. The van der Waals surface area contributed by atoms with Crippen molar-refractivity contribution in [2.75, 3.05) is 32.9 Å². The minimum absolute atomic E-state index is 0.0105. The van der Waals surface area contributed by atoms with Gasteiger partial charge in [-0.3, -0.25) is 0 Å². The van der Waals surface area contributed by atoms with Crippen LogP contribution in [-0.2, 0) is 16.0 Å². The maximum atomic E-state index is 13.1. The molecule has 0 fully saturated rings. The van der Waals surface area contributed by atoms with E-state index >= 15 is 0 Å². The molecule has 1 atom stereocenters. The van der Waals surface area contributed by atoms with Crippen LogP contribution in [0.25, 0.3) is 0 Å². The summed E-state index contributed by atoms with van der Waals surface area (Å²) in [5.41, 5.74) is 0.726. The highest BCUT2D eigenvalue weighted by Crippen LogP contribution is 2.32. The predicted octanol–water partition coefficient (Wildman–Crippen LogP) is 7.27. The van der Waals surface area contributed by atoms with Crippen LogP contribution in [0.1, 0.15) is 18.9 Å². The number of carbonyl (C=O) groups is 2. The molecule has 1 amide bonds. The Kier molecular flexibility index (Phi) is 13.2. The lowest BCUT2D eigenvalue weighted by Gasteiger charge is -2.23. The van der Waals surface area contributed by atoms with Gasteiger partial charge >= 0.3 is 18.4 Å². The van der Waals surface area contributed by atoms with Crippen LogP contribution in [0, 0.1) is 0 Å². The van der Waals surface area contributed by atoms with Gasteiger partial charge in [0, 0.05) is 29.6 Å². The van der Waals surface area contributed by atoms with Gasteiger partial charge in [0.05, 0.1) is 13.2 Å². The summed E-state index contributed by atoms with van der Waals surface area (Å²) in [5.74, 6) is -1.25. The number of halogens is 5. The van der Waals surface area contributed by atoms with Gasteiger partial charge in [0.15, 0.2) is 17.6 Å². The Bertz CT molecular complexity index is 1350. The molecule has 44 heavy (non-hydrogen) atoms. The Morgan fingerprint density at radius 1 is 0.886 bits per heavy atom. The minimum Gasteiger partial charge on any atom is -0.493 e. The van der Waals surface area contributed by atoms with E-state index in [9.17, 15) is 27.9 Å². The van der Waals surface area contributed by atoms with E-state index in [0.717, 1.165) is 11.6 Å². The topological polar surface area (TPSA) is 104 Å². The van der Waals surface area contributed by atoms with Crippen molar-refractivity contribution in [2.45, 2.75) is 32.2 Å². The van der Waals surface area contributed by atoms with E-state index in [0.29, 0.717) is 28.0 Å². The second-order valence-corrected chi connectivity index (χ2v) is 10.0. The molecular weight excluding hydrogens is 630 g/mol. The van der Waals surface area contributed by atoms with Crippen LogP contribution in [0.4, 0.5) is 18.0 Å². The number of carbonyl (C=O) groups excluding carboxylic acids is 1. The molecule has 3 rings (SSSR count). The summed E-state index contributed by atoms with van der Waals surface area (Å²) in [6.45, 7) is 2.26. The standard InChI is InChI=1S/C30H30Cl2F3NO8/c1-2-40-27(28(37)38)16-20-8-10-23(11-9-20)42-15-13-36(12-5-14-41-24-18-21(31)17-22(32)19-24)29(39)43-25-6-3-4-7-26(25)44-30(33,34)35/h3-4,6-11,17-19,27H,2,5,12-16H2,1H3,(H,37,38). The molecule has 0 aliphatic carbocycles. The maximum Gasteiger partial charge on any atom is 0.573 e. The Hall–Kier alpha value is -3.87. The zero-order chi connectivity index (χ0) is 32.1. The number of alkyl halides is 3. The fourth-order valence-corrected chi connectivity index (χ4v) is 4.39. The predicted molar refractivity (Wildman–Crippen MR) is 156 cm³/mol. The molecule has 0 saturated heterocycles. The molecule has 0 aliphatic heterocycles. The van der Waals surface area contributed by atoms with E-state index in [-0.39, 0.29) is 39.3 Å². The molecule has 0 aliphatic rings. The summed E-state index contributed by atoms with van der Waals surface area (Å²) >= 11 is 12.0. The maximum absolute atomic E-state index is 13.1. The number of benzene rings is 3. The van der Waals surface area contributed by atoms with Gasteiger partial charge in [0.1, 0.15) is 18.1 Å². The quantitative estimate of drug-likeness (QED) is 0.160. The molecule has 0 saturated carbocycles. The fourth-order valence-electron chi connectivity index (χ4n) is 3.88. The van der Waals surface area contributed by atoms with E-state index in [1.165, 1.54) is 23.1 Å². The van der Waals surface area contributed by atoms with E-state index in [1.54, 1.807) is 49.4 Å². The van der Waals surface area contributed by atoms with E-state index in [2.05, 4.69) is 4.74 Å². The number of carboxylic acid groups (broad SMARTS) is 1. The number of hydrogen-bond acceptors (Lipinski definition) is 7. The first kappa shape index (κ1) is 34.6. The fraction of sp³-hybridized carbons (Fsp3) is 0.333. The van der Waals surface area contributed by atoms with E-state index in [4.69, 9.17) is 42.1 Å². The molecule has 0 spiro atoms. The lowest BCUT2D eigenvalue weighted by atomic mass is 10.1. The van der Waals surface area contributed by atoms with E-state index < -0.39 is 36.0 Å². The number of para-hydroxylation sites is 2. The first-order valence-electron chi connectivity index (χ1n) is 13.4. The second-order valence-electron chi connectivity index (χ2n) is 9.14. The molecule has 0 aromatic heterocycles. The summed E-state index contributed by atoms with van der Waals surface area (Å²) in [5, 5.41) is 10.1. The Morgan fingerprint density at radius 3 is 2.14 bits per heavy atom. The van der Waals surface area contributed by atoms with Crippen LogP contribution in [0.5, 0.6) is 23.0 Å². The largest absolute Gasteiger partial charge is 0.573 e. The molecule has 3 aromatic carbocycles. The Balaban J connectivity index is 1.63. The van der Waals surface area contributed by atoms with Gasteiger partial charge in [-0.15, -0.1) is 13.2 Å². The highest BCUT2D eigenvalue weighted by molar-refractivity contribution is 6.34. The van der Waals surface area contributed by atoms with Crippen molar-refractivity contribution in [1.82, 2.24) is 4.90 Å². The average Bonchev–Trinajstić information content (AvgIpc) is 2.94. The normalized spacial score (nSPS) is 11.9. The van der Waals surface area contributed by atoms with Gasteiger partial charge in [-0.1, -0.05) is 47.5 Å². The van der Waals surface area contributed by atoms with Crippen molar-refractivity contribution in [3.63, 3.8) is 0 Å². The van der Waals surface area contributed by atoms with Crippen LogP contribution in [0.3, 0.4) is 0 Å².